The van der Waals surface area contributed by atoms with Crippen LogP contribution in [0.2, 0.25) is 5.02 Å². The highest BCUT2D eigenvalue weighted by Crippen LogP contribution is 2.29. The van der Waals surface area contributed by atoms with Gasteiger partial charge >= 0.3 is 12.0 Å². The molecule has 6 nitrogen and oxygen atoms in total. The molecule has 1 aliphatic rings. The number of halogens is 1. The number of phenols is 1. The summed E-state index contributed by atoms with van der Waals surface area (Å²) in [7, 11) is 0. The number of carbonyl (C=O) groups is 2. The van der Waals surface area contributed by atoms with E-state index in [4.69, 9.17) is 16.7 Å². The first-order chi connectivity index (χ1) is 8.47. The number of phenolic OH excluding ortho intramolecular Hbond substituents is 1. The number of amides is 2. The summed E-state index contributed by atoms with van der Waals surface area (Å²) < 4.78 is 0. The molecular formula is C11H9ClN2O4. The zero-order valence-electron chi connectivity index (χ0n) is 8.98. The van der Waals surface area contributed by atoms with Gasteiger partial charge in [0.25, 0.3) is 0 Å². The topological polar surface area (TPSA) is 98.7 Å². The van der Waals surface area contributed by atoms with Gasteiger partial charge in [-0.25, -0.2) is 9.59 Å². The maximum absolute atomic E-state index is 11.3. The molecule has 1 aromatic carbocycles. The molecule has 2 amide bonds. The van der Waals surface area contributed by atoms with E-state index in [0.717, 1.165) is 0 Å². The van der Waals surface area contributed by atoms with Gasteiger partial charge in [-0.1, -0.05) is 11.6 Å². The molecule has 0 saturated heterocycles. The molecular weight excluding hydrogens is 260 g/mol. The highest BCUT2D eigenvalue weighted by Gasteiger charge is 2.25. The molecule has 0 unspecified atom stereocenters. The normalized spacial score (nSPS) is 18.6. The Morgan fingerprint density at radius 3 is 2.78 bits per heavy atom. The first-order valence-electron chi connectivity index (χ1n) is 4.98. The Kier molecular flexibility index (Phi) is 3.12. The lowest BCUT2D eigenvalue weighted by molar-refractivity contribution is -0.133. The van der Waals surface area contributed by atoms with Crippen molar-refractivity contribution in [1.29, 1.82) is 0 Å². The molecule has 0 saturated carbocycles. The van der Waals surface area contributed by atoms with Gasteiger partial charge in [-0.05, 0) is 24.3 Å². The van der Waals surface area contributed by atoms with E-state index in [1.54, 1.807) is 0 Å². The Morgan fingerprint density at radius 1 is 1.39 bits per heavy atom. The Bertz CT molecular complexity index is 556. The van der Waals surface area contributed by atoms with Crippen LogP contribution in [-0.2, 0) is 4.79 Å². The lowest BCUT2D eigenvalue weighted by Crippen LogP contribution is -2.43. The standard InChI is InChI=1S/C11H9ClN2O4/c12-5-1-2-9(15)6(3-5)7-4-8(10(16)17)14-11(18)13-7/h1-4,7,15H,(H,16,17)(H2,13,14,18)/t7-/m0/s1. The average Bonchev–Trinajstić information content (AvgIpc) is 2.31. The molecule has 1 atom stereocenters. The molecule has 0 aliphatic carbocycles. The first kappa shape index (κ1) is 12.3. The molecule has 0 aromatic heterocycles. The SMILES string of the molecule is O=C1NC(C(=O)O)=C[C@@H](c2cc(Cl)ccc2O)N1. The van der Waals surface area contributed by atoms with Gasteiger partial charge in [-0.3, -0.25) is 0 Å². The summed E-state index contributed by atoms with van der Waals surface area (Å²) in [4.78, 5) is 22.1. The van der Waals surface area contributed by atoms with Crippen LogP contribution in [0.5, 0.6) is 5.75 Å². The van der Waals surface area contributed by atoms with Crippen LogP contribution < -0.4 is 10.6 Å². The number of rotatable bonds is 2. The molecule has 1 aromatic rings. The Labute approximate surface area is 107 Å². The number of urea groups is 1. The molecule has 1 aliphatic heterocycles. The third kappa shape index (κ3) is 2.38. The van der Waals surface area contributed by atoms with Crippen molar-refractivity contribution < 1.29 is 19.8 Å². The highest BCUT2D eigenvalue weighted by molar-refractivity contribution is 6.30. The fraction of sp³-hybridized carbons (Fsp3) is 0.0909. The van der Waals surface area contributed by atoms with E-state index in [0.29, 0.717) is 10.6 Å². The minimum absolute atomic E-state index is 0.0763. The Hall–Kier alpha value is -2.21. The van der Waals surface area contributed by atoms with E-state index >= 15 is 0 Å². The van der Waals surface area contributed by atoms with Gasteiger partial charge < -0.3 is 20.8 Å². The number of carbonyl (C=O) groups excluding carboxylic acids is 1. The molecule has 18 heavy (non-hydrogen) atoms. The molecule has 7 heteroatoms. The van der Waals surface area contributed by atoms with Gasteiger partial charge in [0.2, 0.25) is 0 Å². The fourth-order valence-electron chi connectivity index (χ4n) is 1.62. The number of benzene rings is 1. The van der Waals surface area contributed by atoms with Gasteiger partial charge in [0.1, 0.15) is 11.4 Å². The van der Waals surface area contributed by atoms with Crippen molar-refractivity contribution in [2.75, 3.05) is 0 Å². The number of aromatic hydroxyl groups is 1. The number of nitrogens with one attached hydrogen (secondary N) is 2. The average molecular weight is 269 g/mol. The maximum Gasteiger partial charge on any atom is 0.352 e. The summed E-state index contributed by atoms with van der Waals surface area (Å²) in [6.07, 6.45) is 1.29. The third-order valence-electron chi connectivity index (χ3n) is 2.42. The van der Waals surface area contributed by atoms with E-state index in [-0.39, 0.29) is 11.4 Å². The second-order valence-corrected chi connectivity index (χ2v) is 4.10. The van der Waals surface area contributed by atoms with Crippen molar-refractivity contribution in [2.24, 2.45) is 0 Å². The van der Waals surface area contributed by atoms with Gasteiger partial charge in [0, 0.05) is 10.6 Å². The summed E-state index contributed by atoms with van der Waals surface area (Å²) in [5.41, 5.74) is 0.0826. The summed E-state index contributed by atoms with van der Waals surface area (Å²) >= 11 is 5.79. The van der Waals surface area contributed by atoms with E-state index in [2.05, 4.69) is 10.6 Å². The lowest BCUT2D eigenvalue weighted by atomic mass is 10.0. The van der Waals surface area contributed by atoms with Crippen LogP contribution in [0.4, 0.5) is 4.79 Å². The largest absolute Gasteiger partial charge is 0.508 e. The maximum atomic E-state index is 11.3. The van der Waals surface area contributed by atoms with E-state index < -0.39 is 18.0 Å². The monoisotopic (exact) mass is 268 g/mol. The number of hydrogen-bond donors (Lipinski definition) is 4. The minimum atomic E-state index is -1.25. The van der Waals surface area contributed by atoms with Crippen molar-refractivity contribution in [3.8, 4) is 5.75 Å². The van der Waals surface area contributed by atoms with Crippen molar-refractivity contribution in [3.63, 3.8) is 0 Å². The van der Waals surface area contributed by atoms with Crippen molar-refractivity contribution >= 4 is 23.6 Å². The number of aliphatic carboxylic acids is 1. The van der Waals surface area contributed by atoms with Crippen LogP contribution in [0.15, 0.2) is 30.0 Å². The van der Waals surface area contributed by atoms with Gasteiger partial charge in [-0.2, -0.15) is 0 Å². The predicted molar refractivity (Wildman–Crippen MR) is 63.2 cm³/mol. The van der Waals surface area contributed by atoms with Crippen LogP contribution in [0.3, 0.4) is 0 Å². The second-order valence-electron chi connectivity index (χ2n) is 3.66. The van der Waals surface area contributed by atoms with Crippen LogP contribution in [0, 0.1) is 0 Å². The zero-order valence-corrected chi connectivity index (χ0v) is 9.73. The number of carboxylic acid groups (broad SMARTS) is 1. The number of carboxylic acids is 1. The van der Waals surface area contributed by atoms with E-state index in [1.165, 1.54) is 24.3 Å². The molecule has 0 fully saturated rings. The fourth-order valence-corrected chi connectivity index (χ4v) is 1.80. The first-order valence-corrected chi connectivity index (χ1v) is 5.36. The summed E-state index contributed by atoms with van der Waals surface area (Å²) in [6.45, 7) is 0. The van der Waals surface area contributed by atoms with Crippen LogP contribution in [0.1, 0.15) is 11.6 Å². The molecule has 0 radical (unpaired) electrons. The molecule has 1 heterocycles. The van der Waals surface area contributed by atoms with E-state index in [1.807, 2.05) is 0 Å². The summed E-state index contributed by atoms with van der Waals surface area (Å²) in [5.74, 6) is -1.33. The van der Waals surface area contributed by atoms with Crippen molar-refractivity contribution in [1.82, 2.24) is 10.6 Å². The zero-order chi connectivity index (χ0) is 13.3. The van der Waals surface area contributed by atoms with Gasteiger partial charge in [0.15, 0.2) is 0 Å². The molecule has 4 N–H and O–H groups in total. The number of hydrogen-bond acceptors (Lipinski definition) is 3. The Morgan fingerprint density at radius 2 is 2.11 bits per heavy atom. The van der Waals surface area contributed by atoms with Crippen molar-refractivity contribution in [2.45, 2.75) is 6.04 Å². The predicted octanol–water partition coefficient (Wildman–Crippen LogP) is 1.37. The smallest absolute Gasteiger partial charge is 0.352 e. The lowest BCUT2D eigenvalue weighted by Gasteiger charge is -2.22. The quantitative estimate of drug-likeness (QED) is 0.651. The van der Waals surface area contributed by atoms with Crippen LogP contribution in [0.25, 0.3) is 0 Å². The molecule has 2 rings (SSSR count). The molecule has 94 valence electrons. The molecule has 0 spiro atoms. The minimum Gasteiger partial charge on any atom is -0.508 e. The van der Waals surface area contributed by atoms with Crippen molar-refractivity contribution in [3.05, 3.63) is 40.6 Å². The van der Waals surface area contributed by atoms with E-state index in [9.17, 15) is 14.7 Å². The van der Waals surface area contributed by atoms with Gasteiger partial charge in [-0.15, -0.1) is 0 Å². The second kappa shape index (κ2) is 4.58. The molecule has 0 bridgehead atoms. The summed E-state index contributed by atoms with van der Waals surface area (Å²) in [5, 5.41) is 23.5. The Balaban J connectivity index is 2.43. The summed E-state index contributed by atoms with van der Waals surface area (Å²) in [6, 6.07) is 2.93. The highest BCUT2D eigenvalue weighted by atomic mass is 35.5. The third-order valence-corrected chi connectivity index (χ3v) is 2.66. The van der Waals surface area contributed by atoms with Crippen LogP contribution in [-0.4, -0.2) is 22.2 Å². The van der Waals surface area contributed by atoms with Crippen LogP contribution >= 0.6 is 11.6 Å². The van der Waals surface area contributed by atoms with Gasteiger partial charge in [0.05, 0.1) is 6.04 Å².